The van der Waals surface area contributed by atoms with E-state index in [-0.39, 0.29) is 5.91 Å². The fourth-order valence-electron chi connectivity index (χ4n) is 2.23. The monoisotopic (exact) mass is 267 g/mol. The molecule has 1 aliphatic rings. The molecule has 1 N–H and O–H groups in total. The highest BCUT2D eigenvalue weighted by Gasteiger charge is 2.27. The van der Waals surface area contributed by atoms with Crippen LogP contribution in [0, 0.1) is 5.92 Å². The van der Waals surface area contributed by atoms with Gasteiger partial charge in [0.05, 0.1) is 5.02 Å². The van der Waals surface area contributed by atoms with Crippen molar-refractivity contribution in [1.29, 1.82) is 0 Å². The molecule has 2 rings (SSSR count). The molecule has 1 atom stereocenters. The number of nitrogens with one attached hydrogen (secondary N) is 1. The summed E-state index contributed by atoms with van der Waals surface area (Å²) in [7, 11) is 1.77. The Hall–Kier alpha value is -1.29. The topological polar surface area (TPSA) is 45.2 Å². The molecule has 1 amide bonds. The highest BCUT2D eigenvalue weighted by atomic mass is 35.5. The normalized spacial score (nSPS) is 19.1. The largest absolute Gasteiger partial charge is 0.373 e. The Labute approximate surface area is 112 Å². The van der Waals surface area contributed by atoms with Crippen LogP contribution in [0.5, 0.6) is 0 Å². The molecular weight excluding hydrogens is 250 g/mol. The van der Waals surface area contributed by atoms with Crippen LogP contribution in [0.4, 0.5) is 5.82 Å². The van der Waals surface area contributed by atoms with Crippen molar-refractivity contribution in [3.8, 4) is 0 Å². The molecule has 1 saturated heterocycles. The van der Waals surface area contributed by atoms with Gasteiger partial charge in [-0.1, -0.05) is 24.9 Å². The SMILES string of the molecule is CCC1CCN(C(=O)c2nc(NC)ccc2Cl)C1. The maximum absolute atomic E-state index is 12.3. The molecular formula is C13H18ClN3O. The molecule has 0 radical (unpaired) electrons. The van der Waals surface area contributed by atoms with E-state index in [0.717, 1.165) is 25.9 Å². The average molecular weight is 268 g/mol. The lowest BCUT2D eigenvalue weighted by molar-refractivity contribution is 0.0781. The van der Waals surface area contributed by atoms with Crippen LogP contribution in [0.1, 0.15) is 30.3 Å². The van der Waals surface area contributed by atoms with Crippen molar-refractivity contribution in [2.24, 2.45) is 5.92 Å². The summed E-state index contributed by atoms with van der Waals surface area (Å²) in [4.78, 5) is 18.4. The summed E-state index contributed by atoms with van der Waals surface area (Å²) in [5.41, 5.74) is 0.347. The van der Waals surface area contributed by atoms with Crippen LogP contribution < -0.4 is 5.32 Å². The lowest BCUT2D eigenvalue weighted by atomic mass is 10.1. The van der Waals surface area contributed by atoms with Crippen molar-refractivity contribution in [3.05, 3.63) is 22.8 Å². The first-order valence-corrected chi connectivity index (χ1v) is 6.67. The summed E-state index contributed by atoms with van der Waals surface area (Å²) in [6.45, 7) is 3.78. The maximum Gasteiger partial charge on any atom is 0.274 e. The van der Waals surface area contributed by atoms with Gasteiger partial charge in [0, 0.05) is 20.1 Å². The molecule has 0 saturated carbocycles. The lowest BCUT2D eigenvalue weighted by Crippen LogP contribution is -2.29. The predicted molar refractivity (Wildman–Crippen MR) is 73.1 cm³/mol. The van der Waals surface area contributed by atoms with Gasteiger partial charge in [-0.05, 0) is 24.5 Å². The number of rotatable bonds is 3. The fourth-order valence-corrected chi connectivity index (χ4v) is 2.42. The van der Waals surface area contributed by atoms with E-state index in [2.05, 4.69) is 17.2 Å². The zero-order valence-corrected chi connectivity index (χ0v) is 11.5. The Morgan fingerprint density at radius 1 is 1.61 bits per heavy atom. The van der Waals surface area contributed by atoms with Crippen molar-refractivity contribution < 1.29 is 4.79 Å². The van der Waals surface area contributed by atoms with E-state index in [0.29, 0.717) is 22.5 Å². The van der Waals surface area contributed by atoms with Crippen LogP contribution in [0.15, 0.2) is 12.1 Å². The van der Waals surface area contributed by atoms with Gasteiger partial charge in [0.2, 0.25) is 0 Å². The van der Waals surface area contributed by atoms with E-state index in [1.807, 2.05) is 4.90 Å². The standard InChI is InChI=1S/C13H18ClN3O/c1-3-9-6-7-17(8-9)13(18)12-10(14)4-5-11(15-2)16-12/h4-5,9H,3,6-8H2,1-2H3,(H,15,16). The van der Waals surface area contributed by atoms with Gasteiger partial charge < -0.3 is 10.2 Å². The van der Waals surface area contributed by atoms with Gasteiger partial charge >= 0.3 is 0 Å². The van der Waals surface area contributed by atoms with Crippen LogP contribution >= 0.6 is 11.6 Å². The number of amides is 1. The first-order valence-electron chi connectivity index (χ1n) is 6.29. The molecule has 0 aliphatic carbocycles. The second-order valence-corrected chi connectivity index (χ2v) is 5.00. The zero-order valence-electron chi connectivity index (χ0n) is 10.7. The number of hydrogen-bond donors (Lipinski definition) is 1. The van der Waals surface area contributed by atoms with Gasteiger partial charge in [-0.2, -0.15) is 0 Å². The fraction of sp³-hybridized carbons (Fsp3) is 0.538. The summed E-state index contributed by atoms with van der Waals surface area (Å²) in [5, 5.41) is 3.34. The molecule has 0 spiro atoms. The van der Waals surface area contributed by atoms with E-state index >= 15 is 0 Å². The first-order chi connectivity index (χ1) is 8.65. The smallest absolute Gasteiger partial charge is 0.274 e. The van der Waals surface area contributed by atoms with Crippen molar-refractivity contribution in [3.63, 3.8) is 0 Å². The molecule has 1 aromatic heterocycles. The van der Waals surface area contributed by atoms with E-state index in [4.69, 9.17) is 11.6 Å². The van der Waals surface area contributed by atoms with Gasteiger partial charge in [-0.15, -0.1) is 0 Å². The van der Waals surface area contributed by atoms with Crippen LogP contribution in [0.25, 0.3) is 0 Å². The Kier molecular flexibility index (Phi) is 4.07. The number of nitrogens with zero attached hydrogens (tertiary/aromatic N) is 2. The quantitative estimate of drug-likeness (QED) is 0.916. The summed E-state index contributed by atoms with van der Waals surface area (Å²) in [6.07, 6.45) is 2.19. The number of pyridine rings is 1. The number of aromatic nitrogens is 1. The molecule has 18 heavy (non-hydrogen) atoms. The Bertz CT molecular complexity index is 450. The maximum atomic E-state index is 12.3. The van der Waals surface area contributed by atoms with Crippen LogP contribution in [-0.4, -0.2) is 35.9 Å². The number of carbonyl (C=O) groups excluding carboxylic acids is 1. The van der Waals surface area contributed by atoms with Gasteiger partial charge in [-0.3, -0.25) is 4.79 Å². The molecule has 0 aromatic carbocycles. The minimum atomic E-state index is -0.0620. The first kappa shape index (κ1) is 13.1. The number of likely N-dealkylation sites (tertiary alicyclic amines) is 1. The van der Waals surface area contributed by atoms with Crippen molar-refractivity contribution >= 4 is 23.3 Å². The minimum absolute atomic E-state index is 0.0620. The van der Waals surface area contributed by atoms with Crippen molar-refractivity contribution in [1.82, 2.24) is 9.88 Å². The van der Waals surface area contributed by atoms with Crippen LogP contribution in [-0.2, 0) is 0 Å². The third-order valence-electron chi connectivity index (χ3n) is 3.46. The minimum Gasteiger partial charge on any atom is -0.373 e. The molecule has 4 nitrogen and oxygen atoms in total. The molecule has 1 aromatic rings. The summed E-state index contributed by atoms with van der Waals surface area (Å²) in [6, 6.07) is 3.47. The van der Waals surface area contributed by atoms with Gasteiger partial charge in [0.15, 0.2) is 0 Å². The number of carbonyl (C=O) groups is 1. The van der Waals surface area contributed by atoms with E-state index in [1.54, 1.807) is 19.2 Å². The molecule has 0 bridgehead atoms. The number of hydrogen-bond acceptors (Lipinski definition) is 3. The Balaban J connectivity index is 2.18. The Morgan fingerprint density at radius 2 is 2.39 bits per heavy atom. The summed E-state index contributed by atoms with van der Waals surface area (Å²) < 4.78 is 0. The predicted octanol–water partition coefficient (Wildman–Crippen LogP) is 2.65. The van der Waals surface area contributed by atoms with E-state index in [1.165, 1.54) is 0 Å². The summed E-state index contributed by atoms with van der Waals surface area (Å²) >= 11 is 6.06. The van der Waals surface area contributed by atoms with Crippen molar-refractivity contribution in [2.75, 3.05) is 25.5 Å². The highest BCUT2D eigenvalue weighted by molar-refractivity contribution is 6.33. The summed E-state index contributed by atoms with van der Waals surface area (Å²) in [5.74, 6) is 1.21. The van der Waals surface area contributed by atoms with E-state index in [9.17, 15) is 4.79 Å². The van der Waals surface area contributed by atoms with Gasteiger partial charge in [-0.25, -0.2) is 4.98 Å². The third-order valence-corrected chi connectivity index (χ3v) is 3.76. The van der Waals surface area contributed by atoms with E-state index < -0.39 is 0 Å². The molecule has 1 unspecified atom stereocenters. The highest BCUT2D eigenvalue weighted by Crippen LogP contribution is 2.24. The number of halogens is 1. The zero-order chi connectivity index (χ0) is 13.1. The van der Waals surface area contributed by atoms with Gasteiger partial charge in [0.25, 0.3) is 5.91 Å². The molecule has 1 aliphatic heterocycles. The van der Waals surface area contributed by atoms with Crippen molar-refractivity contribution in [2.45, 2.75) is 19.8 Å². The lowest BCUT2D eigenvalue weighted by Gasteiger charge is -2.16. The van der Waals surface area contributed by atoms with Gasteiger partial charge in [0.1, 0.15) is 11.5 Å². The number of anilines is 1. The second-order valence-electron chi connectivity index (χ2n) is 4.59. The Morgan fingerprint density at radius 3 is 3.00 bits per heavy atom. The molecule has 98 valence electrons. The van der Waals surface area contributed by atoms with Crippen LogP contribution in [0.2, 0.25) is 5.02 Å². The average Bonchev–Trinajstić information content (AvgIpc) is 2.87. The molecule has 2 heterocycles. The molecule has 5 heteroatoms. The molecule has 1 fully saturated rings. The second kappa shape index (κ2) is 5.57. The van der Waals surface area contributed by atoms with Crippen LogP contribution in [0.3, 0.4) is 0 Å². The third kappa shape index (κ3) is 2.58.